The predicted molar refractivity (Wildman–Crippen MR) is 199 cm³/mol. The van der Waals surface area contributed by atoms with Gasteiger partial charge < -0.3 is 132 Å². The highest BCUT2D eigenvalue weighted by atomic mass is 31.2. The predicted octanol–water partition coefficient (Wildman–Crippen LogP) is -11.7. The number of aliphatic hydroxyl groups is 20. The third-order valence-electron chi connectivity index (χ3n) is 4.62. The minimum Gasteiger partial charge on any atom is -0.478 e. The molecule has 0 spiro atoms. The first-order chi connectivity index (χ1) is 27.4. The van der Waals surface area contributed by atoms with Crippen LogP contribution in [0.2, 0.25) is 0 Å². The topological polar surface area (TPSA) is 594 Å². The van der Waals surface area contributed by atoms with Crippen molar-refractivity contribution in [2.45, 2.75) is 61.0 Å². The van der Waals surface area contributed by atoms with Crippen LogP contribution in [-0.4, -0.2) is 277 Å². The van der Waals surface area contributed by atoms with E-state index >= 15 is 0 Å². The van der Waals surface area contributed by atoms with E-state index in [0.29, 0.717) is 0 Å². The van der Waals surface area contributed by atoms with Gasteiger partial charge in [0.05, 0.1) is 66.1 Å². The lowest BCUT2D eigenvalue weighted by molar-refractivity contribution is -0.132. The smallest absolute Gasteiger partial charge is 0.466 e. The maximum atomic E-state index is 9.25. The Labute approximate surface area is 342 Å². The Morgan fingerprint density at radius 2 is 0.383 bits per heavy atom. The van der Waals surface area contributed by atoms with Crippen molar-refractivity contribution in [1.82, 2.24) is 0 Å². The monoisotopic (exact) mass is 924 g/mol. The summed E-state index contributed by atoms with van der Waals surface area (Å²) in [5, 5.41) is 189. The van der Waals surface area contributed by atoms with Crippen LogP contribution in [0.5, 0.6) is 0 Å². The van der Waals surface area contributed by atoms with Gasteiger partial charge in [-0.1, -0.05) is 19.7 Å². The van der Waals surface area contributed by atoms with Crippen LogP contribution < -0.4 is 0 Å². The van der Waals surface area contributed by atoms with Crippen molar-refractivity contribution in [1.29, 1.82) is 0 Å². The Balaban J connectivity index is -0.0000000702. The summed E-state index contributed by atoms with van der Waals surface area (Å²) in [6.45, 7) is 3.62. The molecule has 0 aliphatic heterocycles. The van der Waals surface area contributed by atoms with Gasteiger partial charge in [-0.05, 0) is 0 Å². The molecule has 31 heteroatoms. The average Bonchev–Trinajstić information content (AvgIpc) is 3.23. The highest BCUT2D eigenvalue weighted by Crippen LogP contribution is 2.25. The summed E-state index contributed by atoms with van der Waals surface area (Å²) < 4.78 is 8.88. The minimum absolute atomic E-state index is 0.526. The molecule has 0 aromatic heterocycles. The van der Waals surface area contributed by atoms with E-state index < -0.39 is 153 Å². The fourth-order valence-electron chi connectivity index (χ4n) is 1.22. The molecule has 60 heavy (non-hydrogen) atoms. The molecular formula is C29H65O30P. The summed E-state index contributed by atoms with van der Waals surface area (Å²) >= 11 is 0. The van der Waals surface area contributed by atoms with E-state index in [4.69, 9.17) is 137 Å². The van der Waals surface area contributed by atoms with Crippen molar-refractivity contribution in [3.63, 3.8) is 0 Å². The summed E-state index contributed by atoms with van der Waals surface area (Å²) in [4.78, 5) is 49.3. The molecule has 26 N–H and O–H groups in total. The number of aliphatic carboxylic acids is 3. The number of carboxylic acids is 3. The first-order valence-electron chi connectivity index (χ1n) is 15.6. The molecule has 0 saturated heterocycles. The molecular weight excluding hydrogens is 859 g/mol. The normalized spacial score (nSPS) is 14.6. The van der Waals surface area contributed by atoms with Crippen molar-refractivity contribution in [2.24, 2.45) is 0 Å². The molecule has 0 aromatic rings. The number of hydrogen-bond acceptors (Lipinski definition) is 24. The summed E-state index contributed by atoms with van der Waals surface area (Å²) in [5.41, 5.74) is 0. The zero-order valence-electron chi connectivity index (χ0n) is 31.9. The maximum absolute atomic E-state index is 9.25. The Hall–Kier alpha value is -3.06. The molecule has 366 valence electrons. The van der Waals surface area contributed by atoms with Crippen LogP contribution in [-0.2, 0) is 18.9 Å². The van der Waals surface area contributed by atoms with Gasteiger partial charge >= 0.3 is 25.7 Å². The van der Waals surface area contributed by atoms with E-state index in [0.717, 1.165) is 18.2 Å². The van der Waals surface area contributed by atoms with Crippen LogP contribution in [0.25, 0.3) is 0 Å². The summed E-state index contributed by atoms with van der Waals surface area (Å²) in [5.74, 6) is -2.94. The molecule has 0 bridgehead atoms. The molecule has 0 radical (unpaired) electrons. The molecule has 10 atom stereocenters. The maximum Gasteiger partial charge on any atom is 0.466 e. The summed E-state index contributed by atoms with van der Waals surface area (Å²) in [6.07, 6.45) is -9.72. The van der Waals surface area contributed by atoms with Gasteiger partial charge in [0.2, 0.25) is 0 Å². The lowest BCUT2D eigenvalue weighted by atomic mass is 10.2. The van der Waals surface area contributed by atoms with Gasteiger partial charge in [0.25, 0.3) is 0 Å². The van der Waals surface area contributed by atoms with Gasteiger partial charge in [-0.15, -0.1) is 0 Å². The molecule has 0 amide bonds. The van der Waals surface area contributed by atoms with Crippen LogP contribution in [0.4, 0.5) is 0 Å². The molecule has 0 heterocycles. The van der Waals surface area contributed by atoms with Crippen LogP contribution in [0, 0.1) is 0 Å². The Kier molecular flexibility index (Phi) is 72.3. The average molecular weight is 925 g/mol. The SMILES string of the molecule is C=CC(=O)O.C=CC(=O)O.C=CC(=O)O.O=P(O)(O)O.OC[C@@H](O)[C@@H](O)CO.OC[C@@H](O)[C@@H](O)CO.OC[C@@H](O)[C@@H](O)CO.OC[C@@H](O)[C@@H](O)CO.OC[C@@H](O)[C@@H](O)CO. The standard InChI is InChI=1S/5C4H10O4.3C3H4O2.H3O4P/c5*5-1-3(7)4(8)2-6;3*1-2-3(4)5;1-5(2,3)4/h5*3-8H,1-2H2;3*2H,1H2,(H,4,5);(H3,1,2,3,4)/t5*3-,4+;;;;. The van der Waals surface area contributed by atoms with E-state index in [1.807, 2.05) is 0 Å². The number of hydrogen-bond donors (Lipinski definition) is 26. The Bertz CT molecular complexity index is 817. The molecule has 30 nitrogen and oxygen atoms in total. The van der Waals surface area contributed by atoms with Gasteiger partial charge in [0, 0.05) is 18.2 Å². The number of phosphoric acid groups is 1. The lowest BCUT2D eigenvalue weighted by Gasteiger charge is -2.10. The first kappa shape index (κ1) is 77.5. The third-order valence-corrected chi connectivity index (χ3v) is 4.62. The van der Waals surface area contributed by atoms with Crippen LogP contribution in [0.15, 0.2) is 38.0 Å². The molecule has 0 aromatic carbocycles. The zero-order chi connectivity index (χ0) is 50.2. The van der Waals surface area contributed by atoms with E-state index in [1.165, 1.54) is 0 Å². The molecule has 0 fully saturated rings. The Morgan fingerprint density at radius 1 is 0.333 bits per heavy atom. The van der Waals surface area contributed by atoms with Gasteiger partial charge in [0.1, 0.15) is 61.0 Å². The Morgan fingerprint density at radius 3 is 0.400 bits per heavy atom. The number of aliphatic hydroxyl groups excluding tert-OH is 20. The number of rotatable bonds is 18. The first-order valence-corrected chi connectivity index (χ1v) is 17.2. The molecule has 0 rings (SSSR count). The molecule has 0 aliphatic carbocycles. The number of carbonyl (C=O) groups is 3. The van der Waals surface area contributed by atoms with E-state index in [2.05, 4.69) is 19.7 Å². The zero-order valence-corrected chi connectivity index (χ0v) is 32.8. The fraction of sp³-hybridized carbons (Fsp3) is 0.690. The fourth-order valence-corrected chi connectivity index (χ4v) is 1.22. The summed E-state index contributed by atoms with van der Waals surface area (Å²) in [7, 11) is -4.64. The third kappa shape index (κ3) is 86.7. The van der Waals surface area contributed by atoms with Crippen LogP contribution in [0.1, 0.15) is 0 Å². The molecule has 0 unspecified atom stereocenters. The van der Waals surface area contributed by atoms with E-state index in [9.17, 15) is 14.4 Å². The van der Waals surface area contributed by atoms with Gasteiger partial charge in [0.15, 0.2) is 0 Å². The van der Waals surface area contributed by atoms with Gasteiger partial charge in [-0.3, -0.25) is 0 Å². The van der Waals surface area contributed by atoms with Crippen molar-refractivity contribution in [2.75, 3.05) is 66.1 Å². The lowest BCUT2D eigenvalue weighted by Crippen LogP contribution is -2.31. The van der Waals surface area contributed by atoms with Crippen molar-refractivity contribution in [3.8, 4) is 0 Å². The van der Waals surface area contributed by atoms with Crippen LogP contribution in [0.3, 0.4) is 0 Å². The van der Waals surface area contributed by atoms with Crippen molar-refractivity contribution in [3.05, 3.63) is 38.0 Å². The molecule has 0 aliphatic rings. The minimum atomic E-state index is -4.64. The van der Waals surface area contributed by atoms with Crippen LogP contribution >= 0.6 is 7.82 Å². The van der Waals surface area contributed by atoms with Crippen molar-refractivity contribution < 1.29 is 151 Å². The highest BCUT2D eigenvalue weighted by molar-refractivity contribution is 7.45. The largest absolute Gasteiger partial charge is 0.478 e. The highest BCUT2D eigenvalue weighted by Gasteiger charge is 2.14. The van der Waals surface area contributed by atoms with Gasteiger partial charge in [-0.25, -0.2) is 18.9 Å². The molecule has 0 saturated carbocycles. The van der Waals surface area contributed by atoms with Gasteiger partial charge in [-0.2, -0.15) is 0 Å². The van der Waals surface area contributed by atoms with Crippen molar-refractivity contribution >= 4 is 25.7 Å². The van der Waals surface area contributed by atoms with E-state index in [-0.39, 0.29) is 0 Å². The second-order valence-electron chi connectivity index (χ2n) is 9.64. The van der Waals surface area contributed by atoms with E-state index in [1.54, 1.807) is 0 Å². The number of carboxylic acid groups (broad SMARTS) is 3. The second kappa shape index (κ2) is 55.9. The summed E-state index contributed by atoms with van der Waals surface area (Å²) in [6, 6.07) is 0. The second-order valence-corrected chi connectivity index (χ2v) is 10.7. The quantitative estimate of drug-likeness (QED) is 0.0448.